The molecule has 23 heavy (non-hydrogen) atoms. The normalized spacial score (nSPS) is 21.6. The van der Waals surface area contributed by atoms with Gasteiger partial charge in [0.2, 0.25) is 11.8 Å². The molecule has 6 heteroatoms. The van der Waals surface area contributed by atoms with E-state index in [9.17, 15) is 9.59 Å². The number of nitrogens with zero attached hydrogens (tertiary/aromatic N) is 3. The lowest BCUT2D eigenvalue weighted by atomic mass is 10.0. The zero-order valence-corrected chi connectivity index (χ0v) is 14.7. The van der Waals surface area contributed by atoms with Crippen molar-refractivity contribution >= 4 is 11.8 Å². The van der Waals surface area contributed by atoms with Crippen LogP contribution in [0.4, 0.5) is 0 Å². The van der Waals surface area contributed by atoms with Crippen LogP contribution in [-0.2, 0) is 9.59 Å². The molecule has 2 aliphatic rings. The molecule has 0 aromatic carbocycles. The summed E-state index contributed by atoms with van der Waals surface area (Å²) in [5.41, 5.74) is 6.00. The quantitative estimate of drug-likeness (QED) is 0.800. The largest absolute Gasteiger partial charge is 0.342 e. The summed E-state index contributed by atoms with van der Waals surface area (Å²) in [6.45, 7) is 9.34. The first-order chi connectivity index (χ1) is 11.0. The Morgan fingerprint density at radius 3 is 2.09 bits per heavy atom. The Bertz CT molecular complexity index is 399. The van der Waals surface area contributed by atoms with E-state index in [0.29, 0.717) is 25.6 Å². The van der Waals surface area contributed by atoms with Gasteiger partial charge in [0.25, 0.3) is 0 Å². The first-order valence-corrected chi connectivity index (χ1v) is 9.02. The Labute approximate surface area is 140 Å². The Morgan fingerprint density at radius 2 is 1.52 bits per heavy atom. The highest BCUT2D eigenvalue weighted by molar-refractivity contribution is 5.82. The highest BCUT2D eigenvalue weighted by atomic mass is 16.2. The zero-order valence-electron chi connectivity index (χ0n) is 14.7. The molecule has 6 nitrogen and oxygen atoms in total. The lowest BCUT2D eigenvalue weighted by Gasteiger charge is -2.37. The second-order valence-electron chi connectivity index (χ2n) is 7.28. The van der Waals surface area contributed by atoms with Gasteiger partial charge in [-0.05, 0) is 31.6 Å². The van der Waals surface area contributed by atoms with Crippen molar-refractivity contribution in [3.05, 3.63) is 0 Å². The van der Waals surface area contributed by atoms with Crippen molar-refractivity contribution in [2.75, 3.05) is 45.8 Å². The van der Waals surface area contributed by atoms with Crippen LogP contribution in [0.1, 0.15) is 39.5 Å². The van der Waals surface area contributed by atoms with Crippen LogP contribution >= 0.6 is 0 Å². The SMILES string of the molecule is CC(C)C[C@H](N)C(=O)N1CCN(CC(=O)N2CCCCC2)CC1. The average Bonchev–Trinajstić information content (AvgIpc) is 2.55. The van der Waals surface area contributed by atoms with E-state index >= 15 is 0 Å². The summed E-state index contributed by atoms with van der Waals surface area (Å²) in [5.74, 6) is 0.721. The van der Waals surface area contributed by atoms with Gasteiger partial charge in [0.05, 0.1) is 12.6 Å². The van der Waals surface area contributed by atoms with Gasteiger partial charge in [-0.3, -0.25) is 14.5 Å². The summed E-state index contributed by atoms with van der Waals surface area (Å²) >= 11 is 0. The predicted octanol–water partition coefficient (Wildman–Crippen LogP) is 0.517. The van der Waals surface area contributed by atoms with Crippen LogP contribution in [0, 0.1) is 5.92 Å². The second-order valence-corrected chi connectivity index (χ2v) is 7.28. The number of nitrogens with two attached hydrogens (primary N) is 1. The molecular formula is C17H32N4O2. The first-order valence-electron chi connectivity index (χ1n) is 9.02. The molecule has 2 aliphatic heterocycles. The summed E-state index contributed by atoms with van der Waals surface area (Å²) in [6.07, 6.45) is 4.22. The fraction of sp³-hybridized carbons (Fsp3) is 0.882. The fourth-order valence-electron chi connectivity index (χ4n) is 3.40. The molecule has 0 saturated carbocycles. The Hall–Kier alpha value is -1.14. The van der Waals surface area contributed by atoms with Crippen LogP contribution in [0.25, 0.3) is 0 Å². The van der Waals surface area contributed by atoms with Gasteiger partial charge < -0.3 is 15.5 Å². The lowest BCUT2D eigenvalue weighted by Crippen LogP contribution is -2.55. The molecule has 0 bridgehead atoms. The lowest BCUT2D eigenvalue weighted by molar-refractivity contribution is -0.136. The molecule has 2 amide bonds. The summed E-state index contributed by atoms with van der Waals surface area (Å²) < 4.78 is 0. The van der Waals surface area contributed by atoms with Gasteiger partial charge in [-0.1, -0.05) is 13.8 Å². The van der Waals surface area contributed by atoms with Crippen LogP contribution in [0.5, 0.6) is 0 Å². The molecule has 2 N–H and O–H groups in total. The molecule has 0 aromatic heterocycles. The van der Waals surface area contributed by atoms with Crippen LogP contribution in [0.3, 0.4) is 0 Å². The van der Waals surface area contributed by atoms with E-state index < -0.39 is 6.04 Å². The molecule has 0 unspecified atom stereocenters. The molecule has 2 heterocycles. The molecule has 0 aliphatic carbocycles. The van der Waals surface area contributed by atoms with E-state index in [-0.39, 0.29) is 11.8 Å². The van der Waals surface area contributed by atoms with Crippen molar-refractivity contribution in [2.24, 2.45) is 11.7 Å². The van der Waals surface area contributed by atoms with Gasteiger partial charge in [-0.2, -0.15) is 0 Å². The number of likely N-dealkylation sites (tertiary alicyclic amines) is 1. The molecule has 1 atom stereocenters. The fourth-order valence-corrected chi connectivity index (χ4v) is 3.40. The Morgan fingerprint density at radius 1 is 0.913 bits per heavy atom. The van der Waals surface area contributed by atoms with Crippen molar-refractivity contribution in [3.63, 3.8) is 0 Å². The van der Waals surface area contributed by atoms with Gasteiger partial charge in [0.15, 0.2) is 0 Å². The minimum absolute atomic E-state index is 0.0562. The standard InChI is InChI=1S/C17H32N4O2/c1-14(2)12-15(18)17(23)21-10-8-19(9-11-21)13-16(22)20-6-4-3-5-7-20/h14-15H,3-13,18H2,1-2H3/t15-/m0/s1. The third-order valence-corrected chi connectivity index (χ3v) is 4.79. The van der Waals surface area contributed by atoms with Gasteiger partial charge in [-0.25, -0.2) is 0 Å². The predicted molar refractivity (Wildman–Crippen MR) is 90.9 cm³/mol. The number of rotatable bonds is 5. The van der Waals surface area contributed by atoms with E-state index in [4.69, 9.17) is 5.73 Å². The van der Waals surface area contributed by atoms with Gasteiger partial charge >= 0.3 is 0 Å². The monoisotopic (exact) mass is 324 g/mol. The van der Waals surface area contributed by atoms with Crippen molar-refractivity contribution in [1.82, 2.24) is 14.7 Å². The van der Waals surface area contributed by atoms with Gasteiger partial charge in [0.1, 0.15) is 0 Å². The zero-order chi connectivity index (χ0) is 16.8. The molecule has 2 saturated heterocycles. The van der Waals surface area contributed by atoms with Crippen molar-refractivity contribution in [1.29, 1.82) is 0 Å². The van der Waals surface area contributed by atoms with Gasteiger partial charge in [0, 0.05) is 39.3 Å². The third kappa shape index (κ3) is 5.46. The summed E-state index contributed by atoms with van der Waals surface area (Å²) in [4.78, 5) is 30.6. The van der Waals surface area contributed by atoms with E-state index in [1.54, 1.807) is 0 Å². The Kier molecular flexibility index (Phi) is 6.84. The molecule has 0 radical (unpaired) electrons. The van der Waals surface area contributed by atoms with Crippen LogP contribution in [0.15, 0.2) is 0 Å². The minimum Gasteiger partial charge on any atom is -0.342 e. The molecule has 0 spiro atoms. The molecular weight excluding hydrogens is 292 g/mol. The second kappa shape index (κ2) is 8.64. The highest BCUT2D eigenvalue weighted by Gasteiger charge is 2.27. The average molecular weight is 324 g/mol. The Balaban J connectivity index is 1.73. The number of carbonyl (C=O) groups excluding carboxylic acids is 2. The summed E-state index contributed by atoms with van der Waals surface area (Å²) in [7, 11) is 0. The van der Waals surface area contributed by atoms with Crippen molar-refractivity contribution in [3.8, 4) is 0 Å². The summed E-state index contributed by atoms with van der Waals surface area (Å²) in [6, 6.07) is -0.392. The van der Waals surface area contributed by atoms with Crippen molar-refractivity contribution < 1.29 is 9.59 Å². The van der Waals surface area contributed by atoms with Gasteiger partial charge in [-0.15, -0.1) is 0 Å². The maximum absolute atomic E-state index is 12.3. The van der Waals surface area contributed by atoms with Crippen molar-refractivity contribution in [2.45, 2.75) is 45.6 Å². The summed E-state index contributed by atoms with van der Waals surface area (Å²) in [5, 5.41) is 0. The molecule has 2 rings (SSSR count). The van der Waals surface area contributed by atoms with E-state index in [2.05, 4.69) is 18.7 Å². The number of hydrogen-bond acceptors (Lipinski definition) is 4. The van der Waals surface area contributed by atoms with Crippen LogP contribution < -0.4 is 5.73 Å². The number of piperidine rings is 1. The third-order valence-electron chi connectivity index (χ3n) is 4.79. The topological polar surface area (TPSA) is 69.9 Å². The van der Waals surface area contributed by atoms with Crippen LogP contribution in [-0.4, -0.2) is 78.4 Å². The number of piperazine rings is 1. The van der Waals surface area contributed by atoms with E-state index in [0.717, 1.165) is 45.4 Å². The molecule has 0 aromatic rings. The number of carbonyl (C=O) groups is 2. The maximum atomic E-state index is 12.3. The number of amides is 2. The molecule has 2 fully saturated rings. The maximum Gasteiger partial charge on any atom is 0.239 e. The highest BCUT2D eigenvalue weighted by Crippen LogP contribution is 2.11. The molecule has 132 valence electrons. The smallest absolute Gasteiger partial charge is 0.239 e. The minimum atomic E-state index is -0.392. The van der Waals surface area contributed by atoms with E-state index in [1.807, 2.05) is 9.80 Å². The first kappa shape index (κ1) is 18.2. The number of hydrogen-bond donors (Lipinski definition) is 1. The van der Waals surface area contributed by atoms with Crippen LogP contribution in [0.2, 0.25) is 0 Å². The van der Waals surface area contributed by atoms with E-state index in [1.165, 1.54) is 6.42 Å².